The second kappa shape index (κ2) is 3.94. The van der Waals surface area contributed by atoms with Crippen molar-refractivity contribution in [3.05, 3.63) is 18.0 Å². The Bertz CT molecular complexity index is 333. The number of aromatic nitrogens is 2. The molecule has 84 valence electrons. The summed E-state index contributed by atoms with van der Waals surface area (Å²) in [6.45, 7) is 3.21. The zero-order chi connectivity index (χ0) is 10.9. The fraction of sp³-hybridized carbons (Fsp3) is 0.727. The third-order valence-corrected chi connectivity index (χ3v) is 3.07. The van der Waals surface area contributed by atoms with Gasteiger partial charge in [0.05, 0.1) is 12.8 Å². The van der Waals surface area contributed by atoms with Crippen LogP contribution < -0.4 is 0 Å². The summed E-state index contributed by atoms with van der Waals surface area (Å²) in [7, 11) is 1.62. The Kier molecular flexibility index (Phi) is 2.80. The molecule has 1 aromatic heterocycles. The van der Waals surface area contributed by atoms with Gasteiger partial charge in [0.1, 0.15) is 5.60 Å². The van der Waals surface area contributed by atoms with Gasteiger partial charge in [0, 0.05) is 25.4 Å². The Hall–Kier alpha value is -0.870. The van der Waals surface area contributed by atoms with Crippen LogP contribution in [-0.4, -0.2) is 28.6 Å². The Labute approximate surface area is 89.9 Å². The number of nitrogens with zero attached hydrogens (tertiary/aromatic N) is 2. The molecule has 1 aliphatic rings. The molecule has 1 aliphatic carbocycles. The summed E-state index contributed by atoms with van der Waals surface area (Å²) in [5, 5.41) is 14.7. The van der Waals surface area contributed by atoms with Crippen molar-refractivity contribution in [3.8, 4) is 0 Å². The highest BCUT2D eigenvalue weighted by Gasteiger charge is 2.45. The highest BCUT2D eigenvalue weighted by molar-refractivity contribution is 5.19. The molecule has 1 fully saturated rings. The van der Waals surface area contributed by atoms with Gasteiger partial charge in [-0.05, 0) is 25.7 Å². The lowest BCUT2D eigenvalue weighted by Crippen LogP contribution is -2.33. The van der Waals surface area contributed by atoms with Crippen LogP contribution in [0.5, 0.6) is 0 Å². The van der Waals surface area contributed by atoms with Crippen LogP contribution in [0.4, 0.5) is 0 Å². The number of aryl methyl sites for hydroxylation is 1. The first-order valence-electron chi connectivity index (χ1n) is 5.45. The van der Waals surface area contributed by atoms with Gasteiger partial charge in [0.15, 0.2) is 0 Å². The Morgan fingerprint density at radius 1 is 1.67 bits per heavy atom. The lowest BCUT2D eigenvalue weighted by atomic mass is 9.92. The van der Waals surface area contributed by atoms with E-state index in [0.717, 1.165) is 24.9 Å². The van der Waals surface area contributed by atoms with Gasteiger partial charge >= 0.3 is 0 Å². The van der Waals surface area contributed by atoms with Gasteiger partial charge in [-0.1, -0.05) is 0 Å². The molecule has 4 nitrogen and oxygen atoms in total. The quantitative estimate of drug-likeness (QED) is 0.793. The summed E-state index contributed by atoms with van der Waals surface area (Å²) in [5.41, 5.74) is 0.0519. The molecule has 0 saturated heterocycles. The lowest BCUT2D eigenvalue weighted by molar-refractivity contribution is -0.0533. The molecule has 1 heterocycles. The van der Waals surface area contributed by atoms with E-state index < -0.39 is 5.60 Å². The van der Waals surface area contributed by atoms with Crippen LogP contribution in [-0.2, 0) is 16.9 Å². The van der Waals surface area contributed by atoms with E-state index in [1.165, 1.54) is 0 Å². The maximum absolute atomic E-state index is 10.6. The molecule has 0 bridgehead atoms. The standard InChI is InChI=1S/C11H18N2O2/c1-3-13-7-10(6-12-13)11(14,8-15-2)9-4-5-9/h6-7,9,14H,3-5,8H2,1-2H3. The number of aliphatic hydroxyl groups is 1. The molecule has 1 unspecified atom stereocenters. The molecular weight excluding hydrogens is 192 g/mol. The number of methoxy groups -OCH3 is 1. The summed E-state index contributed by atoms with van der Waals surface area (Å²) in [6, 6.07) is 0. The van der Waals surface area contributed by atoms with Crippen LogP contribution in [0, 0.1) is 5.92 Å². The normalized spacial score (nSPS) is 20.2. The highest BCUT2D eigenvalue weighted by Crippen LogP contribution is 2.45. The second-order valence-corrected chi connectivity index (χ2v) is 4.22. The average molecular weight is 210 g/mol. The molecule has 0 radical (unpaired) electrons. The molecule has 1 atom stereocenters. The van der Waals surface area contributed by atoms with Crippen LogP contribution in [0.1, 0.15) is 25.3 Å². The fourth-order valence-electron chi connectivity index (χ4n) is 1.98. The molecule has 1 saturated carbocycles. The van der Waals surface area contributed by atoms with Gasteiger partial charge in [-0.25, -0.2) is 0 Å². The summed E-state index contributed by atoms with van der Waals surface area (Å²) in [5.74, 6) is 0.340. The molecule has 1 aromatic rings. The zero-order valence-corrected chi connectivity index (χ0v) is 9.31. The largest absolute Gasteiger partial charge is 0.382 e. The van der Waals surface area contributed by atoms with Crippen molar-refractivity contribution < 1.29 is 9.84 Å². The van der Waals surface area contributed by atoms with Crippen molar-refractivity contribution in [1.29, 1.82) is 0 Å². The lowest BCUT2D eigenvalue weighted by Gasteiger charge is -2.25. The summed E-state index contributed by atoms with van der Waals surface area (Å²) >= 11 is 0. The molecule has 0 amide bonds. The van der Waals surface area contributed by atoms with Gasteiger partial charge in [-0.2, -0.15) is 5.10 Å². The Morgan fingerprint density at radius 3 is 2.87 bits per heavy atom. The van der Waals surface area contributed by atoms with Crippen LogP contribution in [0.2, 0.25) is 0 Å². The molecule has 15 heavy (non-hydrogen) atoms. The number of hydrogen-bond donors (Lipinski definition) is 1. The Morgan fingerprint density at radius 2 is 2.40 bits per heavy atom. The molecule has 4 heteroatoms. The SMILES string of the molecule is CCn1cc(C(O)(COC)C2CC2)cn1. The van der Waals surface area contributed by atoms with Gasteiger partial charge in [0.25, 0.3) is 0 Å². The van der Waals surface area contributed by atoms with Gasteiger partial charge in [0.2, 0.25) is 0 Å². The van der Waals surface area contributed by atoms with E-state index in [0.29, 0.717) is 12.5 Å². The maximum Gasteiger partial charge on any atom is 0.119 e. The summed E-state index contributed by atoms with van der Waals surface area (Å²) in [6.07, 6.45) is 5.83. The predicted molar refractivity (Wildman–Crippen MR) is 56.4 cm³/mol. The third-order valence-electron chi connectivity index (χ3n) is 3.07. The molecule has 0 spiro atoms. The smallest absolute Gasteiger partial charge is 0.119 e. The van der Waals surface area contributed by atoms with Crippen LogP contribution in [0.15, 0.2) is 12.4 Å². The summed E-state index contributed by atoms with van der Waals surface area (Å²) in [4.78, 5) is 0. The number of hydrogen-bond acceptors (Lipinski definition) is 3. The number of rotatable bonds is 5. The van der Waals surface area contributed by atoms with E-state index in [4.69, 9.17) is 4.74 Å². The first-order valence-corrected chi connectivity index (χ1v) is 5.45. The highest BCUT2D eigenvalue weighted by atomic mass is 16.5. The van der Waals surface area contributed by atoms with Crippen molar-refractivity contribution in [2.45, 2.75) is 31.9 Å². The minimum atomic E-state index is -0.831. The van der Waals surface area contributed by atoms with E-state index >= 15 is 0 Å². The van der Waals surface area contributed by atoms with Gasteiger partial charge in [-0.15, -0.1) is 0 Å². The van der Waals surface area contributed by atoms with E-state index in [1.54, 1.807) is 13.3 Å². The van der Waals surface area contributed by atoms with E-state index in [-0.39, 0.29) is 0 Å². The van der Waals surface area contributed by atoms with Crippen molar-refractivity contribution in [3.63, 3.8) is 0 Å². The Balaban J connectivity index is 2.23. The van der Waals surface area contributed by atoms with Crippen LogP contribution in [0.25, 0.3) is 0 Å². The first kappa shape index (κ1) is 10.6. The molecule has 1 N–H and O–H groups in total. The zero-order valence-electron chi connectivity index (χ0n) is 9.31. The van der Waals surface area contributed by atoms with Crippen molar-refractivity contribution in [2.75, 3.05) is 13.7 Å². The van der Waals surface area contributed by atoms with Crippen molar-refractivity contribution >= 4 is 0 Å². The number of ether oxygens (including phenoxy) is 1. The average Bonchev–Trinajstić information content (AvgIpc) is 2.97. The van der Waals surface area contributed by atoms with Crippen molar-refractivity contribution in [1.82, 2.24) is 9.78 Å². The second-order valence-electron chi connectivity index (χ2n) is 4.22. The molecule has 0 aliphatic heterocycles. The van der Waals surface area contributed by atoms with E-state index in [2.05, 4.69) is 5.10 Å². The first-order chi connectivity index (χ1) is 7.20. The minimum absolute atomic E-state index is 0.340. The maximum atomic E-state index is 10.6. The molecule has 2 rings (SSSR count). The fourth-order valence-corrected chi connectivity index (χ4v) is 1.98. The van der Waals surface area contributed by atoms with Gasteiger partial charge < -0.3 is 9.84 Å². The molecular formula is C11H18N2O2. The molecule has 0 aromatic carbocycles. The van der Waals surface area contributed by atoms with Crippen LogP contribution in [0.3, 0.4) is 0 Å². The predicted octanol–water partition coefficient (Wildman–Crippen LogP) is 1.15. The van der Waals surface area contributed by atoms with E-state index in [9.17, 15) is 5.11 Å². The van der Waals surface area contributed by atoms with Gasteiger partial charge in [-0.3, -0.25) is 4.68 Å². The monoisotopic (exact) mass is 210 g/mol. The van der Waals surface area contributed by atoms with E-state index in [1.807, 2.05) is 17.8 Å². The topological polar surface area (TPSA) is 47.3 Å². The van der Waals surface area contributed by atoms with Crippen molar-refractivity contribution in [2.24, 2.45) is 5.92 Å². The minimum Gasteiger partial charge on any atom is -0.382 e. The van der Waals surface area contributed by atoms with Crippen LogP contribution >= 0.6 is 0 Å². The third kappa shape index (κ3) is 1.92. The summed E-state index contributed by atoms with van der Waals surface area (Å²) < 4.78 is 6.95.